The van der Waals surface area contributed by atoms with Gasteiger partial charge in [-0.1, -0.05) is 0 Å². The molecule has 1 saturated heterocycles. The number of hydrogen-bond donors (Lipinski definition) is 0. The Balaban J connectivity index is 2.22. The van der Waals surface area contributed by atoms with Crippen molar-refractivity contribution in [3.05, 3.63) is 0 Å². The van der Waals surface area contributed by atoms with Crippen LogP contribution in [-0.4, -0.2) is 41.7 Å². The molecule has 0 N–H and O–H groups in total. The van der Waals surface area contributed by atoms with Crippen LogP contribution in [0.25, 0.3) is 0 Å². The summed E-state index contributed by atoms with van der Waals surface area (Å²) < 4.78 is 0. The Morgan fingerprint density at radius 1 is 1.00 bits per heavy atom. The zero-order valence-electron chi connectivity index (χ0n) is 11.5. The van der Waals surface area contributed by atoms with Crippen molar-refractivity contribution in [2.75, 3.05) is 13.1 Å². The molecule has 90 valence electrons. The molecule has 1 aliphatic heterocycles. The average Bonchev–Trinajstić information content (AvgIpc) is 2.58. The van der Waals surface area contributed by atoms with E-state index in [0.29, 0.717) is 0 Å². The maximum absolute atomic E-state index is 2.78. The number of unbranched alkanes of at least 4 members (excludes halogenated alkanes) is 2. The summed E-state index contributed by atoms with van der Waals surface area (Å²) in [5.41, 5.74) is 0. The number of hydrogen-bond acceptors (Lipinski definition) is 1. The van der Waals surface area contributed by atoms with Gasteiger partial charge in [0.2, 0.25) is 0 Å². The van der Waals surface area contributed by atoms with Gasteiger partial charge < -0.3 is 0 Å². The molecular weight excluding hydrogens is 189 g/mol. The zero-order valence-corrected chi connectivity index (χ0v) is 11.5. The number of nitrogens with zero attached hydrogens (tertiary/aromatic N) is 1. The second-order valence-corrected chi connectivity index (χ2v) is 5.36. The minimum atomic E-state index is 0.884. The predicted octanol–water partition coefficient (Wildman–Crippen LogP) is 3.79. The fraction of sp³-hybridized carbons (Fsp3) is 1.00. The first-order valence-electron chi connectivity index (χ1n) is 7.62. The van der Waals surface area contributed by atoms with E-state index in [1.165, 1.54) is 76.0 Å². The second-order valence-electron chi connectivity index (χ2n) is 5.36. The molecule has 0 aromatic carbocycles. The summed E-state index contributed by atoms with van der Waals surface area (Å²) in [7, 11) is 0. The van der Waals surface area contributed by atoms with Crippen LogP contribution in [0.1, 0.15) is 64.7 Å². The van der Waals surface area contributed by atoms with Crippen LogP contribution in [0.15, 0.2) is 0 Å². The first-order chi connectivity index (χ1) is 7.88. The molecule has 0 amide bonds. The minimum absolute atomic E-state index is 0.884. The normalized spacial score (nSPS) is 20.7. The quantitative estimate of drug-likeness (QED) is 0.463. The molecule has 0 aromatic rings. The van der Waals surface area contributed by atoms with Crippen molar-refractivity contribution in [2.24, 2.45) is 0 Å². The average molecular weight is 217 g/mol. The Labute approximate surface area is 112 Å². The Hall–Kier alpha value is 0.557. The summed E-state index contributed by atoms with van der Waals surface area (Å²) in [5.74, 6) is 0. The Bertz CT molecular complexity index is 153. The fourth-order valence-corrected chi connectivity index (χ4v) is 2.91. The Kier molecular flexibility index (Phi) is 8.75. The van der Waals surface area contributed by atoms with Crippen molar-refractivity contribution < 1.29 is 0 Å². The third-order valence-electron chi connectivity index (χ3n) is 4.02. The van der Waals surface area contributed by atoms with Crippen LogP contribution in [0.4, 0.5) is 0 Å². The van der Waals surface area contributed by atoms with Crippen LogP contribution < -0.4 is 0 Å². The van der Waals surface area contributed by atoms with E-state index in [0.717, 1.165) is 6.04 Å². The molecule has 0 aliphatic carbocycles. The van der Waals surface area contributed by atoms with Crippen molar-refractivity contribution >= 4 is 17.7 Å². The fourth-order valence-electron chi connectivity index (χ4n) is 2.91. The summed E-state index contributed by atoms with van der Waals surface area (Å²) >= 11 is 2.30. The summed E-state index contributed by atoms with van der Waals surface area (Å²) in [4.78, 5) is 2.78. The molecule has 1 fully saturated rings. The molecule has 0 aromatic heterocycles. The van der Waals surface area contributed by atoms with E-state index in [9.17, 15) is 0 Å². The topological polar surface area (TPSA) is 3.24 Å². The first-order valence-corrected chi connectivity index (χ1v) is 7.62. The number of rotatable bonds is 7. The van der Waals surface area contributed by atoms with Gasteiger partial charge in [-0.05, 0) is 0 Å². The molecular formula is C14H28LiN. The molecule has 0 saturated carbocycles. The van der Waals surface area contributed by atoms with Crippen LogP contribution >= 0.6 is 0 Å². The summed E-state index contributed by atoms with van der Waals surface area (Å²) in [5, 5.41) is 1.36. The van der Waals surface area contributed by atoms with E-state index >= 15 is 0 Å². The van der Waals surface area contributed by atoms with Crippen molar-refractivity contribution in [3.63, 3.8) is 0 Å². The zero-order chi connectivity index (χ0) is 11.6. The Morgan fingerprint density at radius 2 is 1.69 bits per heavy atom. The second kappa shape index (κ2) is 9.57. The van der Waals surface area contributed by atoms with E-state index in [4.69, 9.17) is 0 Å². The molecule has 1 nitrogen and oxygen atoms in total. The van der Waals surface area contributed by atoms with E-state index < -0.39 is 0 Å². The first kappa shape index (κ1) is 14.6. The molecule has 0 bridgehead atoms. The molecule has 1 rings (SSSR count). The van der Waals surface area contributed by atoms with Gasteiger partial charge in [-0.3, -0.25) is 0 Å². The van der Waals surface area contributed by atoms with Gasteiger partial charge in [0.25, 0.3) is 0 Å². The predicted molar refractivity (Wildman–Crippen MR) is 73.1 cm³/mol. The molecule has 0 spiro atoms. The van der Waals surface area contributed by atoms with Gasteiger partial charge in [-0.25, -0.2) is 0 Å². The van der Waals surface area contributed by atoms with Crippen LogP contribution in [-0.2, 0) is 0 Å². The number of likely N-dealkylation sites (tertiary alicyclic amines) is 1. The van der Waals surface area contributed by atoms with E-state index in [2.05, 4.69) is 29.5 Å². The third kappa shape index (κ3) is 5.76. The van der Waals surface area contributed by atoms with Crippen LogP contribution in [0.2, 0.25) is 5.09 Å². The van der Waals surface area contributed by atoms with Gasteiger partial charge in [0.1, 0.15) is 0 Å². The van der Waals surface area contributed by atoms with Gasteiger partial charge >= 0.3 is 112 Å². The Morgan fingerprint density at radius 3 is 2.25 bits per heavy atom. The summed E-state index contributed by atoms with van der Waals surface area (Å²) in [6.45, 7) is 5.11. The molecule has 0 radical (unpaired) electrons. The van der Waals surface area contributed by atoms with Crippen LogP contribution in [0, 0.1) is 0 Å². The standard InChI is InChI=1S/C14H28N.Li/c1-3-5-8-11-14(4-2)15-12-9-6-7-10-13-15;/h14H,1,3-13H2,2H3;. The van der Waals surface area contributed by atoms with Gasteiger partial charge in [-0.15, -0.1) is 0 Å². The summed E-state index contributed by atoms with van der Waals surface area (Å²) in [6.07, 6.45) is 12.9. The van der Waals surface area contributed by atoms with E-state index in [-0.39, 0.29) is 0 Å². The van der Waals surface area contributed by atoms with Crippen LogP contribution in [0.5, 0.6) is 0 Å². The molecule has 1 aliphatic rings. The van der Waals surface area contributed by atoms with Gasteiger partial charge in [0, 0.05) is 0 Å². The summed E-state index contributed by atoms with van der Waals surface area (Å²) in [6, 6.07) is 0.884. The molecule has 1 heterocycles. The van der Waals surface area contributed by atoms with Crippen molar-refractivity contribution in [3.8, 4) is 0 Å². The van der Waals surface area contributed by atoms with Crippen LogP contribution in [0.3, 0.4) is 0 Å². The van der Waals surface area contributed by atoms with E-state index in [1.807, 2.05) is 0 Å². The third-order valence-corrected chi connectivity index (χ3v) is 4.02. The molecule has 1 unspecified atom stereocenters. The van der Waals surface area contributed by atoms with Gasteiger partial charge in [0.05, 0.1) is 0 Å². The van der Waals surface area contributed by atoms with Gasteiger partial charge in [0.15, 0.2) is 0 Å². The van der Waals surface area contributed by atoms with Crippen molar-refractivity contribution in [2.45, 2.75) is 75.8 Å². The van der Waals surface area contributed by atoms with Crippen molar-refractivity contribution in [1.29, 1.82) is 0 Å². The molecule has 16 heavy (non-hydrogen) atoms. The monoisotopic (exact) mass is 217 g/mol. The van der Waals surface area contributed by atoms with Gasteiger partial charge in [-0.2, -0.15) is 0 Å². The SMILES string of the molecule is [Li][CH2]CCCCC(CC)N1CCCCCC1. The molecule has 2 heteroatoms. The van der Waals surface area contributed by atoms with Crippen molar-refractivity contribution in [1.82, 2.24) is 4.90 Å². The van der Waals surface area contributed by atoms with E-state index in [1.54, 1.807) is 0 Å². The molecule has 1 atom stereocenters. The maximum atomic E-state index is 2.78.